The number of aromatic nitrogens is 1. The van der Waals surface area contributed by atoms with Crippen LogP contribution in [0.15, 0.2) is 36.4 Å². The molecular weight excluding hydrogens is 380 g/mol. The molecule has 1 aromatic carbocycles. The van der Waals surface area contributed by atoms with Gasteiger partial charge in [-0.05, 0) is 69.0 Å². The number of aryl methyl sites for hydroxylation is 1. The highest BCUT2D eigenvalue weighted by Crippen LogP contribution is 2.39. The van der Waals surface area contributed by atoms with Gasteiger partial charge in [-0.1, -0.05) is 12.1 Å². The van der Waals surface area contributed by atoms with Crippen LogP contribution in [-0.4, -0.2) is 41.0 Å². The SMILES string of the molecule is COc1ccc(-c2cc(C)nc([C@@H]3CCCN3C(=O)[C@@H]3CC(=O)OC3(C)C)c2)cc1. The summed E-state index contributed by atoms with van der Waals surface area (Å²) in [6.07, 6.45) is 1.94. The molecule has 2 fully saturated rings. The topological polar surface area (TPSA) is 68.7 Å². The van der Waals surface area contributed by atoms with E-state index in [1.165, 1.54) is 0 Å². The molecule has 6 heteroatoms. The van der Waals surface area contributed by atoms with Crippen molar-refractivity contribution in [2.75, 3.05) is 13.7 Å². The molecule has 3 heterocycles. The maximum absolute atomic E-state index is 13.4. The average Bonchev–Trinajstić information content (AvgIpc) is 3.30. The van der Waals surface area contributed by atoms with Crippen LogP contribution in [0.1, 0.15) is 50.5 Å². The minimum Gasteiger partial charge on any atom is -0.497 e. The summed E-state index contributed by atoms with van der Waals surface area (Å²) >= 11 is 0. The molecule has 30 heavy (non-hydrogen) atoms. The smallest absolute Gasteiger partial charge is 0.307 e. The van der Waals surface area contributed by atoms with E-state index in [2.05, 4.69) is 12.1 Å². The van der Waals surface area contributed by atoms with Gasteiger partial charge in [0.1, 0.15) is 11.4 Å². The van der Waals surface area contributed by atoms with Crippen LogP contribution < -0.4 is 4.74 Å². The zero-order valence-electron chi connectivity index (χ0n) is 18.0. The number of benzene rings is 1. The fourth-order valence-corrected chi connectivity index (χ4v) is 4.56. The van der Waals surface area contributed by atoms with E-state index < -0.39 is 11.5 Å². The van der Waals surface area contributed by atoms with Gasteiger partial charge in [-0.3, -0.25) is 14.6 Å². The van der Waals surface area contributed by atoms with Crippen LogP contribution in [0.5, 0.6) is 5.75 Å². The van der Waals surface area contributed by atoms with Gasteiger partial charge >= 0.3 is 5.97 Å². The number of rotatable bonds is 4. The van der Waals surface area contributed by atoms with Crippen molar-refractivity contribution in [2.45, 2.75) is 51.7 Å². The number of methoxy groups -OCH3 is 1. The highest BCUT2D eigenvalue weighted by molar-refractivity contribution is 5.88. The Morgan fingerprint density at radius 2 is 1.93 bits per heavy atom. The van der Waals surface area contributed by atoms with Crippen LogP contribution >= 0.6 is 0 Å². The van der Waals surface area contributed by atoms with Crippen molar-refractivity contribution in [3.8, 4) is 16.9 Å². The maximum Gasteiger partial charge on any atom is 0.307 e. The fraction of sp³-hybridized carbons (Fsp3) is 0.458. The standard InChI is InChI=1S/C24H28N2O4/c1-15-12-17(16-7-9-18(29-4)10-8-16)13-20(25-15)21-6-5-11-26(21)23(28)19-14-22(27)30-24(19,2)3/h7-10,12-13,19,21H,5-6,11,14H2,1-4H3/t19-,21-/m0/s1. The number of pyridine rings is 1. The Labute approximate surface area is 177 Å². The molecule has 1 amide bonds. The Morgan fingerprint density at radius 1 is 1.20 bits per heavy atom. The van der Waals surface area contributed by atoms with Crippen LogP contribution in [0.3, 0.4) is 0 Å². The molecule has 0 aliphatic carbocycles. The normalized spacial score (nSPS) is 22.8. The molecule has 0 bridgehead atoms. The van der Waals surface area contributed by atoms with Crippen LogP contribution in [-0.2, 0) is 14.3 Å². The van der Waals surface area contributed by atoms with Gasteiger partial charge in [0.2, 0.25) is 5.91 Å². The van der Waals surface area contributed by atoms with Gasteiger partial charge in [0.05, 0.1) is 31.2 Å². The van der Waals surface area contributed by atoms with Gasteiger partial charge in [0.15, 0.2) is 0 Å². The summed E-state index contributed by atoms with van der Waals surface area (Å²) in [7, 11) is 1.65. The number of amides is 1. The van der Waals surface area contributed by atoms with Gasteiger partial charge in [-0.15, -0.1) is 0 Å². The lowest BCUT2D eigenvalue weighted by Crippen LogP contribution is -2.43. The van der Waals surface area contributed by atoms with Crippen molar-refractivity contribution in [3.05, 3.63) is 47.8 Å². The minimum absolute atomic E-state index is 0.0114. The second-order valence-electron chi connectivity index (χ2n) is 8.67. The predicted octanol–water partition coefficient (Wildman–Crippen LogP) is 4.07. The largest absolute Gasteiger partial charge is 0.497 e. The Hall–Kier alpha value is -2.89. The van der Waals surface area contributed by atoms with Crippen molar-refractivity contribution < 1.29 is 19.1 Å². The maximum atomic E-state index is 13.4. The van der Waals surface area contributed by atoms with Crippen molar-refractivity contribution in [1.29, 1.82) is 0 Å². The summed E-state index contributed by atoms with van der Waals surface area (Å²) in [5, 5.41) is 0. The van der Waals surface area contributed by atoms with Gasteiger partial charge in [0, 0.05) is 12.2 Å². The lowest BCUT2D eigenvalue weighted by Gasteiger charge is -2.31. The number of carbonyl (C=O) groups excluding carboxylic acids is 2. The molecule has 0 radical (unpaired) electrons. The molecule has 1 aromatic heterocycles. The third-order valence-electron chi connectivity index (χ3n) is 6.16. The highest BCUT2D eigenvalue weighted by atomic mass is 16.6. The molecular formula is C24H28N2O4. The second kappa shape index (κ2) is 7.74. The second-order valence-corrected chi connectivity index (χ2v) is 8.67. The number of nitrogens with zero attached hydrogens (tertiary/aromatic N) is 2. The Bertz CT molecular complexity index is 968. The molecule has 2 saturated heterocycles. The summed E-state index contributed by atoms with van der Waals surface area (Å²) in [5.74, 6) is 0.0527. The third-order valence-corrected chi connectivity index (χ3v) is 6.16. The lowest BCUT2D eigenvalue weighted by molar-refractivity contribution is -0.149. The van der Waals surface area contributed by atoms with Crippen LogP contribution in [0.4, 0.5) is 0 Å². The van der Waals surface area contributed by atoms with E-state index >= 15 is 0 Å². The van der Waals surface area contributed by atoms with Crippen LogP contribution in [0.2, 0.25) is 0 Å². The fourth-order valence-electron chi connectivity index (χ4n) is 4.56. The predicted molar refractivity (Wildman–Crippen MR) is 113 cm³/mol. The van der Waals surface area contributed by atoms with E-state index in [0.717, 1.165) is 41.1 Å². The summed E-state index contributed by atoms with van der Waals surface area (Å²) in [4.78, 5) is 31.8. The van der Waals surface area contributed by atoms with E-state index in [1.807, 2.05) is 49.9 Å². The number of ether oxygens (including phenoxy) is 2. The Morgan fingerprint density at radius 3 is 2.57 bits per heavy atom. The first kappa shape index (κ1) is 20.4. The number of cyclic esters (lactones) is 1. The van der Waals surface area contributed by atoms with Crippen molar-refractivity contribution in [2.24, 2.45) is 5.92 Å². The van der Waals surface area contributed by atoms with E-state index in [9.17, 15) is 9.59 Å². The number of hydrogen-bond donors (Lipinski definition) is 0. The molecule has 4 rings (SSSR count). The van der Waals surface area contributed by atoms with Crippen LogP contribution in [0, 0.1) is 12.8 Å². The zero-order valence-corrected chi connectivity index (χ0v) is 18.0. The molecule has 0 unspecified atom stereocenters. The molecule has 0 spiro atoms. The van der Waals surface area contributed by atoms with Crippen LogP contribution in [0.25, 0.3) is 11.1 Å². The van der Waals surface area contributed by atoms with E-state index in [4.69, 9.17) is 14.5 Å². The molecule has 158 valence electrons. The van der Waals surface area contributed by atoms with Crippen molar-refractivity contribution >= 4 is 11.9 Å². The number of esters is 1. The van der Waals surface area contributed by atoms with Crippen molar-refractivity contribution in [3.63, 3.8) is 0 Å². The molecule has 2 aliphatic rings. The number of likely N-dealkylation sites (tertiary alicyclic amines) is 1. The molecule has 0 saturated carbocycles. The Balaban J connectivity index is 1.63. The summed E-state index contributed by atoms with van der Waals surface area (Å²) in [6, 6.07) is 12.0. The number of carbonyl (C=O) groups is 2. The monoisotopic (exact) mass is 408 g/mol. The Kier molecular flexibility index (Phi) is 5.26. The number of hydrogen-bond acceptors (Lipinski definition) is 5. The molecule has 2 aromatic rings. The lowest BCUT2D eigenvalue weighted by atomic mass is 9.89. The molecule has 2 atom stereocenters. The first-order valence-electron chi connectivity index (χ1n) is 10.4. The molecule has 0 N–H and O–H groups in total. The molecule has 2 aliphatic heterocycles. The van der Waals surface area contributed by atoms with Crippen molar-refractivity contribution in [1.82, 2.24) is 9.88 Å². The quantitative estimate of drug-likeness (QED) is 0.714. The first-order valence-corrected chi connectivity index (χ1v) is 10.4. The van der Waals surface area contributed by atoms with Gasteiger partial charge < -0.3 is 14.4 Å². The zero-order chi connectivity index (χ0) is 21.5. The summed E-state index contributed by atoms with van der Waals surface area (Å²) in [6.45, 7) is 6.29. The van der Waals surface area contributed by atoms with E-state index in [1.54, 1.807) is 7.11 Å². The van der Waals surface area contributed by atoms with Gasteiger partial charge in [-0.2, -0.15) is 0 Å². The average molecular weight is 408 g/mol. The first-order chi connectivity index (χ1) is 14.3. The van der Waals surface area contributed by atoms with E-state index in [0.29, 0.717) is 6.54 Å². The van der Waals surface area contributed by atoms with Gasteiger partial charge in [-0.25, -0.2) is 0 Å². The molecule has 6 nitrogen and oxygen atoms in total. The summed E-state index contributed by atoms with van der Waals surface area (Å²) < 4.78 is 10.6. The summed E-state index contributed by atoms with van der Waals surface area (Å²) in [5.41, 5.74) is 3.19. The van der Waals surface area contributed by atoms with Gasteiger partial charge in [0.25, 0.3) is 0 Å². The third kappa shape index (κ3) is 3.78. The van der Waals surface area contributed by atoms with E-state index in [-0.39, 0.29) is 24.3 Å². The highest BCUT2D eigenvalue weighted by Gasteiger charge is 2.49. The minimum atomic E-state index is -0.768.